The lowest BCUT2D eigenvalue weighted by Gasteiger charge is -2.01. The predicted octanol–water partition coefficient (Wildman–Crippen LogP) is 2.63. The maximum absolute atomic E-state index is 5.04. The monoisotopic (exact) mass is 225 g/mol. The minimum Gasteiger partial charge on any atom is -0.481 e. The minimum absolute atomic E-state index is 0.617. The first-order valence-electron chi connectivity index (χ1n) is 5.31. The molecule has 84 valence electrons. The highest BCUT2D eigenvalue weighted by molar-refractivity contribution is 5.93. The number of pyridine rings is 2. The lowest BCUT2D eigenvalue weighted by Crippen LogP contribution is -1.86. The molecule has 0 fully saturated rings. The van der Waals surface area contributed by atoms with Crippen LogP contribution in [0.4, 0.5) is 0 Å². The number of aromatic nitrogens is 3. The first-order valence-corrected chi connectivity index (χ1v) is 5.31. The molecule has 0 aromatic carbocycles. The van der Waals surface area contributed by atoms with Crippen molar-refractivity contribution in [1.29, 1.82) is 0 Å². The number of aromatic amines is 1. The molecular formula is C13H11N3O. The molecule has 1 N–H and O–H groups in total. The summed E-state index contributed by atoms with van der Waals surface area (Å²) in [5.41, 5.74) is 3.03. The van der Waals surface area contributed by atoms with E-state index in [1.807, 2.05) is 30.5 Å². The number of nitrogens with one attached hydrogen (secondary N) is 1. The van der Waals surface area contributed by atoms with Gasteiger partial charge in [0.2, 0.25) is 5.88 Å². The largest absolute Gasteiger partial charge is 0.481 e. The zero-order valence-electron chi connectivity index (χ0n) is 9.34. The lowest BCUT2D eigenvalue weighted by molar-refractivity contribution is 0.398. The van der Waals surface area contributed by atoms with Gasteiger partial charge in [0.05, 0.1) is 7.11 Å². The van der Waals surface area contributed by atoms with Gasteiger partial charge in [-0.05, 0) is 18.2 Å². The van der Waals surface area contributed by atoms with Gasteiger partial charge < -0.3 is 9.72 Å². The summed E-state index contributed by atoms with van der Waals surface area (Å²) in [7, 11) is 1.61. The van der Waals surface area contributed by atoms with E-state index in [9.17, 15) is 0 Å². The van der Waals surface area contributed by atoms with Crippen LogP contribution in [-0.2, 0) is 0 Å². The fourth-order valence-electron chi connectivity index (χ4n) is 1.86. The summed E-state index contributed by atoms with van der Waals surface area (Å²) in [6, 6.07) is 7.81. The molecule has 3 heterocycles. The van der Waals surface area contributed by atoms with Crippen molar-refractivity contribution < 1.29 is 4.74 Å². The average molecular weight is 225 g/mol. The van der Waals surface area contributed by atoms with E-state index in [4.69, 9.17) is 4.74 Å². The van der Waals surface area contributed by atoms with Crippen molar-refractivity contribution in [3.8, 4) is 17.0 Å². The van der Waals surface area contributed by atoms with Gasteiger partial charge in [-0.15, -0.1) is 0 Å². The molecule has 4 nitrogen and oxygen atoms in total. The van der Waals surface area contributed by atoms with Crippen molar-refractivity contribution in [2.24, 2.45) is 0 Å². The second-order valence-electron chi connectivity index (χ2n) is 3.69. The highest BCUT2D eigenvalue weighted by Crippen LogP contribution is 2.27. The van der Waals surface area contributed by atoms with E-state index in [-0.39, 0.29) is 0 Å². The Labute approximate surface area is 98.3 Å². The molecule has 0 spiro atoms. The molecule has 0 aliphatic heterocycles. The van der Waals surface area contributed by atoms with Gasteiger partial charge in [-0.1, -0.05) is 0 Å². The Morgan fingerprint density at radius 2 is 2.12 bits per heavy atom. The summed E-state index contributed by atoms with van der Waals surface area (Å²) in [5, 5.41) is 1.10. The Kier molecular flexibility index (Phi) is 2.26. The molecule has 3 aromatic rings. The van der Waals surface area contributed by atoms with E-state index in [2.05, 4.69) is 15.0 Å². The maximum Gasteiger partial charge on any atom is 0.212 e. The van der Waals surface area contributed by atoms with Crippen LogP contribution >= 0.6 is 0 Å². The van der Waals surface area contributed by atoms with E-state index >= 15 is 0 Å². The van der Waals surface area contributed by atoms with Crippen molar-refractivity contribution >= 4 is 11.0 Å². The smallest absolute Gasteiger partial charge is 0.212 e. The minimum atomic E-state index is 0.617. The van der Waals surface area contributed by atoms with Gasteiger partial charge in [0.1, 0.15) is 5.65 Å². The summed E-state index contributed by atoms with van der Waals surface area (Å²) in [6.45, 7) is 0. The standard InChI is InChI=1S/C13H11N3O/c1-17-12-5-4-9(7-15-12)11-8-16-13-10(11)3-2-6-14-13/h2-8H,1H3,(H,14,16). The molecule has 17 heavy (non-hydrogen) atoms. The highest BCUT2D eigenvalue weighted by atomic mass is 16.5. The van der Waals surface area contributed by atoms with Crippen molar-refractivity contribution in [2.75, 3.05) is 7.11 Å². The van der Waals surface area contributed by atoms with Crippen molar-refractivity contribution in [1.82, 2.24) is 15.0 Å². The van der Waals surface area contributed by atoms with E-state index in [0.29, 0.717) is 5.88 Å². The molecule has 0 saturated heterocycles. The molecule has 0 radical (unpaired) electrons. The van der Waals surface area contributed by atoms with E-state index in [0.717, 1.165) is 22.2 Å². The SMILES string of the molecule is COc1ccc(-c2c[nH]c3ncccc23)cn1. The zero-order chi connectivity index (χ0) is 11.7. The molecule has 0 aliphatic rings. The Morgan fingerprint density at radius 1 is 1.18 bits per heavy atom. The van der Waals surface area contributed by atoms with E-state index < -0.39 is 0 Å². The molecule has 0 atom stereocenters. The summed E-state index contributed by atoms with van der Waals surface area (Å²) in [4.78, 5) is 11.6. The summed E-state index contributed by atoms with van der Waals surface area (Å²) in [6.07, 6.45) is 5.52. The maximum atomic E-state index is 5.04. The quantitative estimate of drug-likeness (QED) is 0.729. The van der Waals surface area contributed by atoms with Crippen LogP contribution in [0.3, 0.4) is 0 Å². The Morgan fingerprint density at radius 3 is 2.88 bits per heavy atom. The number of H-pyrrole nitrogens is 1. The molecule has 4 heteroatoms. The van der Waals surface area contributed by atoms with Crippen molar-refractivity contribution in [2.45, 2.75) is 0 Å². The fourth-order valence-corrected chi connectivity index (χ4v) is 1.86. The summed E-state index contributed by atoms with van der Waals surface area (Å²) >= 11 is 0. The molecule has 0 amide bonds. The second-order valence-corrected chi connectivity index (χ2v) is 3.69. The van der Waals surface area contributed by atoms with Crippen molar-refractivity contribution in [3.63, 3.8) is 0 Å². The number of methoxy groups -OCH3 is 1. The number of hydrogen-bond donors (Lipinski definition) is 1. The topological polar surface area (TPSA) is 50.8 Å². The van der Waals surface area contributed by atoms with Crippen LogP contribution in [0.5, 0.6) is 5.88 Å². The molecule has 3 rings (SSSR count). The van der Waals surface area contributed by atoms with Crippen LogP contribution in [-0.4, -0.2) is 22.1 Å². The number of rotatable bonds is 2. The van der Waals surface area contributed by atoms with Crippen LogP contribution in [0.15, 0.2) is 42.9 Å². The molecule has 0 unspecified atom stereocenters. The Hall–Kier alpha value is -2.36. The third kappa shape index (κ3) is 1.63. The van der Waals surface area contributed by atoms with E-state index in [1.54, 1.807) is 19.5 Å². The van der Waals surface area contributed by atoms with E-state index in [1.165, 1.54) is 0 Å². The fraction of sp³-hybridized carbons (Fsp3) is 0.0769. The first-order chi connectivity index (χ1) is 8.38. The third-order valence-corrected chi connectivity index (χ3v) is 2.71. The van der Waals surface area contributed by atoms with Crippen LogP contribution in [0, 0.1) is 0 Å². The summed E-state index contributed by atoms with van der Waals surface area (Å²) in [5.74, 6) is 0.617. The molecule has 0 aliphatic carbocycles. The molecular weight excluding hydrogens is 214 g/mol. The molecule has 3 aromatic heterocycles. The third-order valence-electron chi connectivity index (χ3n) is 2.71. The van der Waals surface area contributed by atoms with Gasteiger partial charge in [0.15, 0.2) is 0 Å². The second kappa shape index (κ2) is 3.90. The number of nitrogens with zero attached hydrogens (tertiary/aromatic N) is 2. The van der Waals surface area contributed by atoms with Gasteiger partial charge in [0, 0.05) is 41.2 Å². The predicted molar refractivity (Wildman–Crippen MR) is 65.9 cm³/mol. The van der Waals surface area contributed by atoms with Crippen LogP contribution in [0.2, 0.25) is 0 Å². The van der Waals surface area contributed by atoms with Gasteiger partial charge in [0.25, 0.3) is 0 Å². The normalized spacial score (nSPS) is 10.6. The zero-order valence-corrected chi connectivity index (χ0v) is 9.34. The van der Waals surface area contributed by atoms with Gasteiger partial charge in [-0.2, -0.15) is 0 Å². The van der Waals surface area contributed by atoms with Crippen molar-refractivity contribution in [3.05, 3.63) is 42.9 Å². The van der Waals surface area contributed by atoms with Gasteiger partial charge >= 0.3 is 0 Å². The van der Waals surface area contributed by atoms with Crippen LogP contribution in [0.25, 0.3) is 22.2 Å². The first kappa shape index (κ1) is 9.84. The van der Waals surface area contributed by atoms with Gasteiger partial charge in [-0.25, -0.2) is 9.97 Å². The summed E-state index contributed by atoms with van der Waals surface area (Å²) < 4.78 is 5.04. The lowest BCUT2D eigenvalue weighted by atomic mass is 10.1. The van der Waals surface area contributed by atoms with Crippen LogP contribution < -0.4 is 4.74 Å². The Bertz CT molecular complexity index is 643. The number of hydrogen-bond acceptors (Lipinski definition) is 3. The van der Waals surface area contributed by atoms with Crippen LogP contribution in [0.1, 0.15) is 0 Å². The molecule has 0 bridgehead atoms. The number of ether oxygens (including phenoxy) is 1. The average Bonchev–Trinajstić information content (AvgIpc) is 2.83. The Balaban J connectivity index is 2.13. The number of fused-ring (bicyclic) bond motifs is 1. The molecule has 0 saturated carbocycles. The highest BCUT2D eigenvalue weighted by Gasteiger charge is 2.06. The van der Waals surface area contributed by atoms with Gasteiger partial charge in [-0.3, -0.25) is 0 Å².